The van der Waals surface area contributed by atoms with Crippen molar-refractivity contribution in [1.29, 1.82) is 0 Å². The van der Waals surface area contributed by atoms with Gasteiger partial charge >= 0.3 is 0 Å². The lowest BCUT2D eigenvalue weighted by atomic mass is 10.1. The van der Waals surface area contributed by atoms with Gasteiger partial charge in [-0.2, -0.15) is 15.4 Å². The molecule has 0 bridgehead atoms. The van der Waals surface area contributed by atoms with Crippen LogP contribution in [0.25, 0.3) is 11.0 Å². The number of rotatable bonds is 5. The molecule has 0 radical (unpaired) electrons. The van der Waals surface area contributed by atoms with Crippen molar-refractivity contribution in [3.63, 3.8) is 0 Å². The summed E-state index contributed by atoms with van der Waals surface area (Å²) in [5.41, 5.74) is 3.05. The summed E-state index contributed by atoms with van der Waals surface area (Å²) in [6.07, 6.45) is 3.82. The minimum absolute atomic E-state index is 0.440. The molecule has 3 aromatic rings. The number of aryl methyl sites for hydroxylation is 1. The maximum atomic E-state index is 4.42. The van der Waals surface area contributed by atoms with E-state index in [0.717, 1.165) is 29.9 Å². The summed E-state index contributed by atoms with van der Waals surface area (Å²) in [4.78, 5) is 6.81. The van der Waals surface area contributed by atoms with E-state index in [9.17, 15) is 0 Å². The number of aromatic nitrogens is 5. The van der Waals surface area contributed by atoms with Gasteiger partial charge in [0.1, 0.15) is 16.9 Å². The normalized spacial score (nSPS) is 11.9. The molecule has 1 aromatic carbocycles. The molecule has 0 atom stereocenters. The van der Waals surface area contributed by atoms with Crippen molar-refractivity contribution in [2.45, 2.75) is 33.0 Å². The summed E-state index contributed by atoms with van der Waals surface area (Å²) in [5.74, 6) is 1.08. The van der Waals surface area contributed by atoms with Gasteiger partial charge < -0.3 is 4.57 Å². The molecule has 110 valence electrons. The third-order valence-electron chi connectivity index (χ3n) is 3.76. The molecule has 6 nitrogen and oxygen atoms in total. The van der Waals surface area contributed by atoms with Gasteiger partial charge in [0.25, 0.3) is 0 Å². The smallest absolute Gasteiger partial charge is 0.122 e. The first-order valence-electron chi connectivity index (χ1n) is 7.13. The number of hydrogen-bond acceptors (Lipinski definition) is 4. The molecule has 0 unspecified atom stereocenters. The Morgan fingerprint density at radius 2 is 2.00 bits per heavy atom. The average Bonchev–Trinajstić information content (AvgIpc) is 3.07. The fourth-order valence-electron chi connectivity index (χ4n) is 2.37. The number of imidazole rings is 1. The van der Waals surface area contributed by atoms with E-state index in [1.165, 1.54) is 5.56 Å². The van der Waals surface area contributed by atoms with Crippen molar-refractivity contribution in [1.82, 2.24) is 29.9 Å². The van der Waals surface area contributed by atoms with Gasteiger partial charge in [0.05, 0.1) is 6.54 Å². The SMILES string of the molecule is CC(C)N(Cc1ccc2n[nH]nc2c1)Cc1nccn1C. The van der Waals surface area contributed by atoms with Gasteiger partial charge in [-0.3, -0.25) is 4.90 Å². The van der Waals surface area contributed by atoms with E-state index in [4.69, 9.17) is 0 Å². The van der Waals surface area contributed by atoms with Crippen LogP contribution in [0, 0.1) is 0 Å². The molecule has 0 saturated carbocycles. The van der Waals surface area contributed by atoms with Crippen LogP contribution < -0.4 is 0 Å². The summed E-state index contributed by atoms with van der Waals surface area (Å²) in [7, 11) is 2.03. The van der Waals surface area contributed by atoms with Crippen LogP contribution >= 0.6 is 0 Å². The Kier molecular flexibility index (Phi) is 3.70. The number of fused-ring (bicyclic) bond motifs is 1. The number of hydrogen-bond donors (Lipinski definition) is 1. The summed E-state index contributed by atoms with van der Waals surface area (Å²) in [5, 5.41) is 10.9. The fraction of sp³-hybridized carbons (Fsp3) is 0.400. The van der Waals surface area contributed by atoms with E-state index < -0.39 is 0 Å². The summed E-state index contributed by atoms with van der Waals surface area (Å²) < 4.78 is 2.07. The second-order valence-electron chi connectivity index (χ2n) is 5.60. The summed E-state index contributed by atoms with van der Waals surface area (Å²) in [6.45, 7) is 6.11. The van der Waals surface area contributed by atoms with Crippen LogP contribution in [0.2, 0.25) is 0 Å². The van der Waals surface area contributed by atoms with Gasteiger partial charge in [0.2, 0.25) is 0 Å². The Morgan fingerprint density at radius 3 is 2.71 bits per heavy atom. The minimum atomic E-state index is 0.440. The topological polar surface area (TPSA) is 62.6 Å². The third kappa shape index (κ3) is 2.95. The summed E-state index contributed by atoms with van der Waals surface area (Å²) in [6, 6.07) is 6.65. The molecular weight excluding hydrogens is 264 g/mol. The highest BCUT2D eigenvalue weighted by Crippen LogP contribution is 2.15. The number of nitrogens with zero attached hydrogens (tertiary/aromatic N) is 5. The first kappa shape index (κ1) is 13.8. The largest absolute Gasteiger partial charge is 0.337 e. The first-order chi connectivity index (χ1) is 10.1. The Bertz CT molecular complexity index is 726. The van der Waals surface area contributed by atoms with Crippen LogP contribution in [-0.4, -0.2) is 35.9 Å². The monoisotopic (exact) mass is 284 g/mol. The molecule has 2 aromatic heterocycles. The third-order valence-corrected chi connectivity index (χ3v) is 3.76. The quantitative estimate of drug-likeness (QED) is 0.779. The molecule has 0 aliphatic carbocycles. The van der Waals surface area contributed by atoms with Crippen LogP contribution in [0.5, 0.6) is 0 Å². The van der Waals surface area contributed by atoms with Crippen molar-refractivity contribution in [2.75, 3.05) is 0 Å². The van der Waals surface area contributed by atoms with Crippen LogP contribution in [0.15, 0.2) is 30.6 Å². The molecule has 0 saturated heterocycles. The van der Waals surface area contributed by atoms with Crippen LogP contribution in [-0.2, 0) is 20.1 Å². The molecule has 6 heteroatoms. The van der Waals surface area contributed by atoms with E-state index >= 15 is 0 Å². The van der Waals surface area contributed by atoms with Crippen molar-refractivity contribution < 1.29 is 0 Å². The van der Waals surface area contributed by atoms with E-state index in [2.05, 4.69) is 55.8 Å². The molecule has 3 rings (SSSR count). The highest BCUT2D eigenvalue weighted by molar-refractivity contribution is 5.74. The van der Waals surface area contributed by atoms with Crippen molar-refractivity contribution in [3.8, 4) is 0 Å². The molecule has 0 fully saturated rings. The first-order valence-corrected chi connectivity index (χ1v) is 7.13. The molecule has 2 heterocycles. The predicted octanol–water partition coefficient (Wildman–Crippen LogP) is 2.10. The fourth-order valence-corrected chi connectivity index (χ4v) is 2.37. The molecular formula is C15H20N6. The van der Waals surface area contributed by atoms with Gasteiger partial charge in [-0.25, -0.2) is 4.98 Å². The molecule has 0 spiro atoms. The number of benzene rings is 1. The highest BCUT2D eigenvalue weighted by atomic mass is 15.3. The zero-order chi connectivity index (χ0) is 14.8. The van der Waals surface area contributed by atoms with Gasteiger partial charge in [0, 0.05) is 32.0 Å². The molecule has 1 N–H and O–H groups in total. The van der Waals surface area contributed by atoms with Crippen LogP contribution in [0.1, 0.15) is 25.2 Å². The van der Waals surface area contributed by atoms with Gasteiger partial charge in [-0.1, -0.05) is 6.07 Å². The van der Waals surface area contributed by atoms with Crippen molar-refractivity contribution in [2.24, 2.45) is 7.05 Å². The van der Waals surface area contributed by atoms with E-state index in [1.54, 1.807) is 0 Å². The second-order valence-corrected chi connectivity index (χ2v) is 5.60. The zero-order valence-corrected chi connectivity index (χ0v) is 12.6. The number of H-pyrrole nitrogens is 1. The molecule has 0 amide bonds. The van der Waals surface area contributed by atoms with E-state index in [-0.39, 0.29) is 0 Å². The Hall–Kier alpha value is -2.21. The Balaban J connectivity index is 1.79. The maximum Gasteiger partial charge on any atom is 0.122 e. The lowest BCUT2D eigenvalue weighted by molar-refractivity contribution is 0.196. The van der Waals surface area contributed by atoms with Gasteiger partial charge in [-0.15, -0.1) is 0 Å². The number of aromatic amines is 1. The predicted molar refractivity (Wildman–Crippen MR) is 81.5 cm³/mol. The highest BCUT2D eigenvalue weighted by Gasteiger charge is 2.14. The number of nitrogens with one attached hydrogen (secondary N) is 1. The zero-order valence-electron chi connectivity index (χ0n) is 12.6. The molecule has 0 aliphatic rings. The van der Waals surface area contributed by atoms with Gasteiger partial charge in [-0.05, 0) is 31.5 Å². The lowest BCUT2D eigenvalue weighted by Crippen LogP contribution is -2.30. The minimum Gasteiger partial charge on any atom is -0.337 e. The summed E-state index contributed by atoms with van der Waals surface area (Å²) >= 11 is 0. The Morgan fingerprint density at radius 1 is 1.19 bits per heavy atom. The van der Waals surface area contributed by atoms with Crippen LogP contribution in [0.4, 0.5) is 0 Å². The molecule has 21 heavy (non-hydrogen) atoms. The van der Waals surface area contributed by atoms with Crippen molar-refractivity contribution >= 4 is 11.0 Å². The second kappa shape index (κ2) is 5.65. The van der Waals surface area contributed by atoms with E-state index in [0.29, 0.717) is 6.04 Å². The molecule has 0 aliphatic heterocycles. The standard InChI is InChI=1S/C15H20N6/c1-11(2)21(10-15-16-6-7-20(15)3)9-12-4-5-13-14(8-12)18-19-17-13/h4-8,11H,9-10H2,1-3H3,(H,17,18,19). The van der Waals surface area contributed by atoms with Crippen LogP contribution in [0.3, 0.4) is 0 Å². The average molecular weight is 284 g/mol. The van der Waals surface area contributed by atoms with Crippen molar-refractivity contribution in [3.05, 3.63) is 42.0 Å². The van der Waals surface area contributed by atoms with Gasteiger partial charge in [0.15, 0.2) is 0 Å². The lowest BCUT2D eigenvalue weighted by Gasteiger charge is -2.26. The Labute approximate surface area is 123 Å². The van der Waals surface area contributed by atoms with E-state index in [1.807, 2.05) is 25.5 Å². The maximum absolute atomic E-state index is 4.42.